The van der Waals surface area contributed by atoms with Crippen molar-refractivity contribution in [2.24, 2.45) is 0 Å². The third-order valence-electron chi connectivity index (χ3n) is 3.98. The number of hydrogen-bond donors (Lipinski definition) is 0. The van der Waals surface area contributed by atoms with Gasteiger partial charge in [-0.2, -0.15) is 41.2 Å². The number of nitrogens with zero attached hydrogens (tertiary/aromatic N) is 4. The zero-order valence-electron chi connectivity index (χ0n) is 17.2. The van der Waals surface area contributed by atoms with Crippen LogP contribution in [-0.2, 0) is 4.79 Å². The number of imide groups is 1. The first-order valence-corrected chi connectivity index (χ1v) is 9.29. The van der Waals surface area contributed by atoms with Gasteiger partial charge < -0.3 is 14.2 Å². The predicted octanol–water partition coefficient (Wildman–Crippen LogP) is 4.23. The summed E-state index contributed by atoms with van der Waals surface area (Å²) in [5.41, 5.74) is -0.0941. The number of anilines is 2. The van der Waals surface area contributed by atoms with Gasteiger partial charge in [-0.3, -0.25) is 9.69 Å². The van der Waals surface area contributed by atoms with Crippen molar-refractivity contribution in [2.75, 3.05) is 29.6 Å². The molecule has 36 heavy (non-hydrogen) atoms. The number of carbonyl (C=O) groups is 2. The molecular weight excluding hydrogens is 523 g/mol. The van der Waals surface area contributed by atoms with Gasteiger partial charge in [0, 0.05) is 5.69 Å². The maximum Gasteiger partial charge on any atom is 0.573 e. The maximum atomic E-state index is 12.8. The van der Waals surface area contributed by atoms with E-state index < -0.39 is 73.9 Å². The van der Waals surface area contributed by atoms with Crippen molar-refractivity contribution in [2.45, 2.75) is 18.7 Å². The lowest BCUT2D eigenvalue weighted by molar-refractivity contribution is -0.274. The van der Waals surface area contributed by atoms with Gasteiger partial charge in [-0.15, -0.1) is 13.2 Å². The molecule has 18 heteroatoms. The van der Waals surface area contributed by atoms with Crippen LogP contribution in [0.3, 0.4) is 0 Å². The summed E-state index contributed by atoms with van der Waals surface area (Å²) in [6, 6.07) is 2.96. The summed E-state index contributed by atoms with van der Waals surface area (Å²) >= 11 is 0. The minimum Gasteiger partial charge on any atom is -0.468 e. The third kappa shape index (κ3) is 7.25. The average molecular weight is 534 g/mol. The molecule has 0 radical (unpaired) electrons. The first kappa shape index (κ1) is 26.6. The molecule has 1 saturated heterocycles. The highest BCUT2D eigenvalue weighted by Crippen LogP contribution is 2.30. The van der Waals surface area contributed by atoms with Gasteiger partial charge in [0.2, 0.25) is 17.7 Å². The van der Waals surface area contributed by atoms with Crippen LogP contribution in [0.1, 0.15) is 0 Å². The van der Waals surface area contributed by atoms with Gasteiger partial charge in [-0.05, 0) is 24.3 Å². The lowest BCUT2D eigenvalue weighted by atomic mass is 10.3. The molecule has 9 nitrogen and oxygen atoms in total. The van der Waals surface area contributed by atoms with Crippen LogP contribution in [0.15, 0.2) is 30.3 Å². The highest BCUT2D eigenvalue weighted by molar-refractivity contribution is 6.26. The second kappa shape index (κ2) is 9.57. The zero-order chi connectivity index (χ0) is 26.9. The fourth-order valence-electron chi connectivity index (χ4n) is 2.68. The minimum atomic E-state index is -4.99. The first-order chi connectivity index (χ1) is 16.5. The number of amides is 3. The molecule has 1 aromatic heterocycles. The number of hydrogen-bond acceptors (Lipinski definition) is 7. The molecule has 0 saturated carbocycles. The van der Waals surface area contributed by atoms with Crippen molar-refractivity contribution in [1.29, 1.82) is 0 Å². The monoisotopic (exact) mass is 534 g/mol. The minimum absolute atomic E-state index is 0.0941. The van der Waals surface area contributed by atoms with E-state index in [1.807, 2.05) is 0 Å². The summed E-state index contributed by atoms with van der Waals surface area (Å²) in [4.78, 5) is 33.1. The second-order valence-corrected chi connectivity index (χ2v) is 6.79. The van der Waals surface area contributed by atoms with E-state index in [-0.39, 0.29) is 10.6 Å². The summed E-state index contributed by atoms with van der Waals surface area (Å²) in [7, 11) is 0. The Kier molecular flexibility index (Phi) is 7.08. The number of benzene rings is 1. The molecule has 0 unspecified atom stereocenters. The van der Waals surface area contributed by atoms with E-state index in [0.717, 1.165) is 29.2 Å². The molecule has 0 spiro atoms. The number of halogens is 9. The number of aromatic nitrogens is 2. The van der Waals surface area contributed by atoms with Crippen LogP contribution in [0, 0.1) is 0 Å². The van der Waals surface area contributed by atoms with Crippen molar-refractivity contribution in [3.05, 3.63) is 30.3 Å². The van der Waals surface area contributed by atoms with E-state index in [1.54, 1.807) is 0 Å². The van der Waals surface area contributed by atoms with Gasteiger partial charge in [0.1, 0.15) is 12.3 Å². The lowest BCUT2D eigenvalue weighted by Crippen LogP contribution is -2.34. The van der Waals surface area contributed by atoms with Crippen LogP contribution in [0.25, 0.3) is 0 Å². The van der Waals surface area contributed by atoms with Crippen LogP contribution in [0.4, 0.5) is 55.9 Å². The summed E-state index contributed by atoms with van der Waals surface area (Å²) in [6.45, 7) is -4.54. The average Bonchev–Trinajstić information content (AvgIpc) is 3.03. The van der Waals surface area contributed by atoms with Gasteiger partial charge in [0.15, 0.2) is 13.2 Å². The molecule has 3 rings (SSSR count). The summed E-state index contributed by atoms with van der Waals surface area (Å²) in [5.74, 6) is -4.57. The van der Waals surface area contributed by atoms with E-state index in [9.17, 15) is 49.1 Å². The summed E-state index contributed by atoms with van der Waals surface area (Å²) in [6.07, 6.45) is -14.7. The molecule has 0 bridgehead atoms. The highest BCUT2D eigenvalue weighted by atomic mass is 19.4. The largest absolute Gasteiger partial charge is 0.573 e. The molecule has 1 aliphatic rings. The van der Waals surface area contributed by atoms with Gasteiger partial charge in [-0.1, -0.05) is 0 Å². The van der Waals surface area contributed by atoms with Gasteiger partial charge in [-0.25, -0.2) is 4.79 Å². The predicted molar refractivity (Wildman–Crippen MR) is 98.5 cm³/mol. The van der Waals surface area contributed by atoms with Crippen LogP contribution in [-0.4, -0.2) is 60.4 Å². The molecule has 1 aromatic carbocycles. The highest BCUT2D eigenvalue weighted by Gasteiger charge is 2.41. The van der Waals surface area contributed by atoms with Crippen LogP contribution in [0.2, 0.25) is 0 Å². The zero-order valence-corrected chi connectivity index (χ0v) is 17.2. The van der Waals surface area contributed by atoms with Crippen molar-refractivity contribution >= 4 is 23.6 Å². The van der Waals surface area contributed by atoms with Crippen molar-refractivity contribution in [3.8, 4) is 17.5 Å². The Morgan fingerprint density at radius 2 is 1.31 bits per heavy atom. The molecular formula is C18H11F9N4O5. The van der Waals surface area contributed by atoms with Crippen molar-refractivity contribution in [3.63, 3.8) is 0 Å². The number of carbonyl (C=O) groups excluding carboxylic acids is 2. The third-order valence-corrected chi connectivity index (χ3v) is 3.98. The normalized spacial score (nSPS) is 14.9. The van der Waals surface area contributed by atoms with Crippen LogP contribution >= 0.6 is 0 Å². The SMILES string of the molecule is O=C1CN(c2ccc(OC(F)(F)F)cc2)C(=O)N1c1nc(OCC(F)(F)F)cc(OCC(F)(F)F)n1. The molecule has 2 heterocycles. The van der Waals surface area contributed by atoms with E-state index in [2.05, 4.69) is 24.2 Å². The molecule has 1 aliphatic heterocycles. The summed E-state index contributed by atoms with van der Waals surface area (Å²) in [5, 5.41) is 0. The molecule has 0 N–H and O–H groups in total. The van der Waals surface area contributed by atoms with Crippen LogP contribution in [0.5, 0.6) is 17.5 Å². The Bertz CT molecular complexity index is 1080. The maximum absolute atomic E-state index is 12.8. The Balaban J connectivity index is 1.88. The number of ether oxygens (including phenoxy) is 3. The topological polar surface area (TPSA) is 94.1 Å². The van der Waals surface area contributed by atoms with Crippen LogP contribution < -0.4 is 24.0 Å². The smallest absolute Gasteiger partial charge is 0.468 e. The van der Waals surface area contributed by atoms with Crippen molar-refractivity contribution < 1.29 is 63.3 Å². The van der Waals surface area contributed by atoms with E-state index in [0.29, 0.717) is 6.07 Å². The first-order valence-electron chi connectivity index (χ1n) is 9.29. The Morgan fingerprint density at radius 3 is 1.75 bits per heavy atom. The number of urea groups is 1. The number of alkyl halides is 9. The molecule has 1 fully saturated rings. The lowest BCUT2D eigenvalue weighted by Gasteiger charge is -2.18. The quantitative estimate of drug-likeness (QED) is 0.388. The molecule has 3 amide bonds. The standard InChI is InChI=1S/C18H11F9N4O5/c19-16(20,21)7-34-11-5-12(35-8-17(22,23)24)29-14(28-11)31-13(32)6-30(15(31)33)9-1-3-10(4-2-9)36-18(25,26)27/h1-5H,6-8H2. The fraction of sp³-hybridized carbons (Fsp3) is 0.333. The summed E-state index contributed by atoms with van der Waals surface area (Å²) < 4.78 is 124. The Labute approximate surface area is 194 Å². The molecule has 196 valence electrons. The Morgan fingerprint density at radius 1 is 0.806 bits per heavy atom. The van der Waals surface area contributed by atoms with Gasteiger partial charge in [0.05, 0.1) is 6.07 Å². The van der Waals surface area contributed by atoms with E-state index in [1.165, 1.54) is 0 Å². The molecule has 0 aliphatic carbocycles. The van der Waals surface area contributed by atoms with Gasteiger partial charge in [0.25, 0.3) is 5.91 Å². The molecule has 0 atom stereocenters. The molecule has 2 aromatic rings. The Hall–Kier alpha value is -3.99. The fourth-order valence-corrected chi connectivity index (χ4v) is 2.68. The van der Waals surface area contributed by atoms with Gasteiger partial charge >= 0.3 is 24.7 Å². The van der Waals surface area contributed by atoms with E-state index in [4.69, 9.17) is 0 Å². The second-order valence-electron chi connectivity index (χ2n) is 6.79. The number of rotatable bonds is 7. The van der Waals surface area contributed by atoms with Crippen molar-refractivity contribution in [1.82, 2.24) is 9.97 Å². The van der Waals surface area contributed by atoms with E-state index >= 15 is 0 Å².